The molecule has 0 radical (unpaired) electrons. The first-order valence-corrected chi connectivity index (χ1v) is 7.12. The highest BCUT2D eigenvalue weighted by atomic mass is 16.6. The van der Waals surface area contributed by atoms with E-state index in [1.54, 1.807) is 41.0 Å². The van der Waals surface area contributed by atoms with E-state index < -0.39 is 0 Å². The Morgan fingerprint density at radius 1 is 1.27 bits per heavy atom. The Kier molecular flexibility index (Phi) is 5.20. The molecule has 0 saturated carbocycles. The lowest BCUT2D eigenvalue weighted by Crippen LogP contribution is -2.51. The van der Waals surface area contributed by atoms with Gasteiger partial charge in [0.25, 0.3) is 0 Å². The number of hydrogen-bond donors (Lipinski definition) is 1. The number of rotatable bonds is 2. The number of urea groups is 1. The Hall–Kier alpha value is -2.75. The molecule has 1 saturated heterocycles. The van der Waals surface area contributed by atoms with Gasteiger partial charge < -0.3 is 19.9 Å². The van der Waals surface area contributed by atoms with E-state index in [0.29, 0.717) is 44.0 Å². The van der Waals surface area contributed by atoms with Crippen molar-refractivity contribution in [3.8, 4) is 6.07 Å². The van der Waals surface area contributed by atoms with Crippen LogP contribution in [-0.4, -0.2) is 54.7 Å². The molecule has 116 valence electrons. The van der Waals surface area contributed by atoms with E-state index in [1.807, 2.05) is 6.07 Å². The van der Waals surface area contributed by atoms with Crippen LogP contribution in [0.25, 0.3) is 0 Å². The van der Waals surface area contributed by atoms with Gasteiger partial charge in [0.2, 0.25) is 0 Å². The molecule has 22 heavy (non-hydrogen) atoms. The topological polar surface area (TPSA) is 85.7 Å². The van der Waals surface area contributed by atoms with Gasteiger partial charge >= 0.3 is 12.1 Å². The summed E-state index contributed by atoms with van der Waals surface area (Å²) < 4.78 is 4.94. The van der Waals surface area contributed by atoms with Gasteiger partial charge in [-0.05, 0) is 25.1 Å². The molecule has 3 amide bonds. The smallest absolute Gasteiger partial charge is 0.409 e. The molecule has 7 nitrogen and oxygen atoms in total. The van der Waals surface area contributed by atoms with Crippen LogP contribution in [0.1, 0.15) is 12.5 Å². The van der Waals surface area contributed by atoms with E-state index in [2.05, 4.69) is 5.32 Å². The van der Waals surface area contributed by atoms with Crippen LogP contribution in [0.3, 0.4) is 0 Å². The van der Waals surface area contributed by atoms with Crippen LogP contribution in [0.5, 0.6) is 0 Å². The third kappa shape index (κ3) is 3.88. The van der Waals surface area contributed by atoms with Gasteiger partial charge in [-0.3, -0.25) is 0 Å². The fourth-order valence-corrected chi connectivity index (χ4v) is 2.18. The number of piperazine rings is 1. The number of hydrogen-bond acceptors (Lipinski definition) is 4. The maximum Gasteiger partial charge on any atom is 0.409 e. The molecule has 0 aromatic heterocycles. The lowest BCUT2D eigenvalue weighted by molar-refractivity contribution is 0.0868. The number of carbonyl (C=O) groups is 2. The van der Waals surface area contributed by atoms with Crippen LogP contribution in [0.2, 0.25) is 0 Å². The molecule has 1 N–H and O–H groups in total. The summed E-state index contributed by atoms with van der Waals surface area (Å²) in [4.78, 5) is 27.0. The number of ether oxygens (including phenoxy) is 1. The lowest BCUT2D eigenvalue weighted by Gasteiger charge is -2.34. The molecule has 0 aliphatic carbocycles. The SMILES string of the molecule is CCOC(=O)N1CCN(C(=O)Nc2cccc(C#N)c2)CC1. The normalized spacial score (nSPS) is 14.2. The van der Waals surface area contributed by atoms with Gasteiger partial charge in [0.05, 0.1) is 18.2 Å². The quantitative estimate of drug-likeness (QED) is 0.903. The van der Waals surface area contributed by atoms with E-state index in [9.17, 15) is 9.59 Å². The maximum atomic E-state index is 12.2. The minimum atomic E-state index is -0.343. The summed E-state index contributed by atoms with van der Waals surface area (Å²) >= 11 is 0. The van der Waals surface area contributed by atoms with Crippen molar-refractivity contribution < 1.29 is 14.3 Å². The van der Waals surface area contributed by atoms with Crippen LogP contribution < -0.4 is 5.32 Å². The summed E-state index contributed by atoms with van der Waals surface area (Å²) in [6.45, 7) is 3.89. The Labute approximate surface area is 129 Å². The predicted octanol–water partition coefficient (Wildman–Crippen LogP) is 1.86. The number of nitrogens with zero attached hydrogens (tertiary/aromatic N) is 3. The third-order valence-corrected chi connectivity index (χ3v) is 3.34. The third-order valence-electron chi connectivity index (χ3n) is 3.34. The van der Waals surface area contributed by atoms with Crippen LogP contribution in [0.4, 0.5) is 15.3 Å². The van der Waals surface area contributed by atoms with Gasteiger partial charge in [0, 0.05) is 31.9 Å². The van der Waals surface area contributed by atoms with Gasteiger partial charge in [-0.1, -0.05) is 6.07 Å². The van der Waals surface area contributed by atoms with Crippen molar-refractivity contribution in [2.75, 3.05) is 38.1 Å². The summed E-state index contributed by atoms with van der Waals surface area (Å²) in [5, 5.41) is 11.6. The van der Waals surface area contributed by atoms with E-state index in [-0.39, 0.29) is 12.1 Å². The van der Waals surface area contributed by atoms with E-state index in [4.69, 9.17) is 10.00 Å². The molecule has 1 aromatic rings. The molecule has 0 bridgehead atoms. The number of benzene rings is 1. The second kappa shape index (κ2) is 7.31. The molecule has 2 rings (SSSR count). The van der Waals surface area contributed by atoms with E-state index in [0.717, 1.165) is 0 Å². The van der Waals surface area contributed by atoms with Crippen LogP contribution in [0.15, 0.2) is 24.3 Å². The highest BCUT2D eigenvalue weighted by Crippen LogP contribution is 2.12. The average Bonchev–Trinajstić information content (AvgIpc) is 2.55. The van der Waals surface area contributed by atoms with Crippen molar-refractivity contribution in [2.45, 2.75) is 6.92 Å². The Morgan fingerprint density at radius 2 is 1.95 bits per heavy atom. The van der Waals surface area contributed by atoms with Crippen molar-refractivity contribution in [3.05, 3.63) is 29.8 Å². The number of anilines is 1. The second-order valence-electron chi connectivity index (χ2n) is 4.80. The molecule has 1 heterocycles. The monoisotopic (exact) mass is 302 g/mol. The zero-order valence-corrected chi connectivity index (χ0v) is 12.4. The van der Waals surface area contributed by atoms with Crippen LogP contribution >= 0.6 is 0 Å². The zero-order chi connectivity index (χ0) is 15.9. The van der Waals surface area contributed by atoms with Crippen molar-refractivity contribution in [1.82, 2.24) is 9.80 Å². The van der Waals surface area contributed by atoms with Crippen LogP contribution in [0, 0.1) is 11.3 Å². The molecular formula is C15H18N4O3. The first kappa shape index (κ1) is 15.6. The minimum absolute atomic E-state index is 0.237. The predicted molar refractivity (Wildman–Crippen MR) is 80.3 cm³/mol. The van der Waals surface area contributed by atoms with Gasteiger partial charge in [-0.2, -0.15) is 5.26 Å². The van der Waals surface area contributed by atoms with Gasteiger partial charge in [0.1, 0.15) is 0 Å². The fourth-order valence-electron chi connectivity index (χ4n) is 2.18. The molecule has 1 aliphatic rings. The largest absolute Gasteiger partial charge is 0.450 e. The molecule has 0 atom stereocenters. The Balaban J connectivity index is 1.87. The van der Waals surface area contributed by atoms with Gasteiger partial charge in [-0.15, -0.1) is 0 Å². The molecule has 7 heteroatoms. The lowest BCUT2D eigenvalue weighted by atomic mass is 10.2. The number of amides is 3. The average molecular weight is 302 g/mol. The molecule has 1 fully saturated rings. The summed E-state index contributed by atoms with van der Waals surface area (Å²) in [5.74, 6) is 0. The second-order valence-corrected chi connectivity index (χ2v) is 4.80. The van der Waals surface area contributed by atoms with Crippen molar-refractivity contribution in [1.29, 1.82) is 5.26 Å². The molecule has 0 spiro atoms. The fraction of sp³-hybridized carbons (Fsp3) is 0.400. The summed E-state index contributed by atoms with van der Waals surface area (Å²) in [6.07, 6.45) is -0.343. The maximum absolute atomic E-state index is 12.2. The summed E-state index contributed by atoms with van der Waals surface area (Å²) in [6, 6.07) is 8.53. The first-order valence-electron chi connectivity index (χ1n) is 7.12. The first-order chi connectivity index (χ1) is 10.6. The van der Waals surface area contributed by atoms with Crippen molar-refractivity contribution in [3.63, 3.8) is 0 Å². The summed E-state index contributed by atoms with van der Waals surface area (Å²) in [5.41, 5.74) is 1.07. The molecular weight excluding hydrogens is 284 g/mol. The standard InChI is InChI=1S/C15H18N4O3/c1-2-22-15(21)19-8-6-18(7-9-19)14(20)17-13-5-3-4-12(10-13)11-16/h3-5,10H,2,6-9H2,1H3,(H,17,20). The van der Waals surface area contributed by atoms with E-state index in [1.165, 1.54) is 0 Å². The Bertz CT molecular complexity index is 589. The number of carbonyl (C=O) groups excluding carboxylic acids is 2. The summed E-state index contributed by atoms with van der Waals surface area (Å²) in [7, 11) is 0. The van der Waals surface area contributed by atoms with Crippen LogP contribution in [-0.2, 0) is 4.74 Å². The highest BCUT2D eigenvalue weighted by Gasteiger charge is 2.24. The number of nitriles is 1. The highest BCUT2D eigenvalue weighted by molar-refractivity contribution is 5.89. The Morgan fingerprint density at radius 3 is 2.59 bits per heavy atom. The van der Waals surface area contributed by atoms with Gasteiger partial charge in [0.15, 0.2) is 0 Å². The molecule has 0 unspecified atom stereocenters. The molecule has 1 aliphatic heterocycles. The van der Waals surface area contributed by atoms with Crippen molar-refractivity contribution in [2.24, 2.45) is 0 Å². The van der Waals surface area contributed by atoms with E-state index >= 15 is 0 Å². The van der Waals surface area contributed by atoms with Gasteiger partial charge in [-0.25, -0.2) is 9.59 Å². The van der Waals surface area contributed by atoms with Crippen molar-refractivity contribution >= 4 is 17.8 Å². The number of nitrogens with one attached hydrogen (secondary N) is 1. The zero-order valence-electron chi connectivity index (χ0n) is 12.4. The molecule has 1 aromatic carbocycles. The minimum Gasteiger partial charge on any atom is -0.450 e.